The molecule has 0 fully saturated rings. The highest BCUT2D eigenvalue weighted by molar-refractivity contribution is 5.91. The molecule has 0 bridgehead atoms. The SMILES string of the molecule is CCN(CC)c1nc(-c2c(F)cccc2F)nc2ccccc12. The molecule has 0 saturated carbocycles. The van der Waals surface area contributed by atoms with Crippen LogP contribution in [0, 0.1) is 11.6 Å². The summed E-state index contributed by atoms with van der Waals surface area (Å²) in [7, 11) is 0. The Balaban J connectivity index is 2.31. The van der Waals surface area contributed by atoms with Gasteiger partial charge in [0.2, 0.25) is 0 Å². The van der Waals surface area contributed by atoms with Gasteiger partial charge in [0.15, 0.2) is 5.82 Å². The highest BCUT2D eigenvalue weighted by atomic mass is 19.1. The van der Waals surface area contributed by atoms with Crippen molar-refractivity contribution >= 4 is 16.7 Å². The molecule has 1 heterocycles. The van der Waals surface area contributed by atoms with Gasteiger partial charge in [-0.05, 0) is 38.1 Å². The lowest BCUT2D eigenvalue weighted by Gasteiger charge is -2.22. The van der Waals surface area contributed by atoms with E-state index in [0.717, 1.165) is 18.5 Å². The fraction of sp³-hybridized carbons (Fsp3) is 0.222. The first-order valence-corrected chi connectivity index (χ1v) is 7.61. The van der Waals surface area contributed by atoms with Crippen molar-refractivity contribution in [2.24, 2.45) is 0 Å². The molecule has 2 aromatic carbocycles. The molecular weight excluding hydrogens is 296 g/mol. The summed E-state index contributed by atoms with van der Waals surface area (Å²) in [6.07, 6.45) is 0. The van der Waals surface area contributed by atoms with Crippen LogP contribution in [-0.4, -0.2) is 23.1 Å². The van der Waals surface area contributed by atoms with Crippen LogP contribution in [0.5, 0.6) is 0 Å². The molecule has 0 amide bonds. The number of hydrogen-bond donors (Lipinski definition) is 0. The molecule has 0 N–H and O–H groups in total. The number of para-hydroxylation sites is 1. The van der Waals surface area contributed by atoms with Crippen molar-refractivity contribution in [3.63, 3.8) is 0 Å². The third-order valence-corrected chi connectivity index (χ3v) is 3.83. The largest absolute Gasteiger partial charge is 0.357 e. The van der Waals surface area contributed by atoms with Crippen molar-refractivity contribution in [2.45, 2.75) is 13.8 Å². The van der Waals surface area contributed by atoms with Gasteiger partial charge < -0.3 is 4.90 Å². The lowest BCUT2D eigenvalue weighted by atomic mass is 10.1. The van der Waals surface area contributed by atoms with E-state index in [1.807, 2.05) is 43.0 Å². The molecule has 0 unspecified atom stereocenters. The minimum Gasteiger partial charge on any atom is -0.357 e. The first kappa shape index (κ1) is 15.3. The van der Waals surface area contributed by atoms with Crippen LogP contribution in [0.1, 0.15) is 13.8 Å². The molecule has 0 aliphatic heterocycles. The van der Waals surface area contributed by atoms with Gasteiger partial charge in [-0.2, -0.15) is 0 Å². The van der Waals surface area contributed by atoms with Gasteiger partial charge in [0.1, 0.15) is 17.5 Å². The second kappa shape index (κ2) is 6.28. The van der Waals surface area contributed by atoms with Gasteiger partial charge in [0.25, 0.3) is 0 Å². The first-order chi connectivity index (χ1) is 11.2. The standard InChI is InChI=1S/C18H17F2N3/c1-3-23(4-2)18-12-8-5-6-11-15(12)21-17(22-18)16-13(19)9-7-10-14(16)20/h5-11H,3-4H2,1-2H3. The van der Waals surface area contributed by atoms with E-state index >= 15 is 0 Å². The Morgan fingerprint density at radius 2 is 1.52 bits per heavy atom. The number of aromatic nitrogens is 2. The molecule has 0 spiro atoms. The summed E-state index contributed by atoms with van der Waals surface area (Å²) in [4.78, 5) is 10.9. The zero-order valence-electron chi connectivity index (χ0n) is 13.1. The van der Waals surface area contributed by atoms with E-state index in [4.69, 9.17) is 0 Å². The Morgan fingerprint density at radius 3 is 2.17 bits per heavy atom. The highest BCUT2D eigenvalue weighted by Crippen LogP contribution is 2.29. The predicted molar refractivity (Wildman–Crippen MR) is 88.5 cm³/mol. The van der Waals surface area contributed by atoms with Crippen LogP contribution >= 0.6 is 0 Å². The van der Waals surface area contributed by atoms with Crippen molar-refractivity contribution in [3.05, 3.63) is 54.1 Å². The van der Waals surface area contributed by atoms with Crippen molar-refractivity contribution in [1.29, 1.82) is 0 Å². The fourth-order valence-corrected chi connectivity index (χ4v) is 2.65. The van der Waals surface area contributed by atoms with Gasteiger partial charge >= 0.3 is 0 Å². The van der Waals surface area contributed by atoms with Crippen LogP contribution < -0.4 is 4.90 Å². The maximum Gasteiger partial charge on any atom is 0.168 e. The third kappa shape index (κ3) is 2.74. The van der Waals surface area contributed by atoms with Crippen LogP contribution in [-0.2, 0) is 0 Å². The van der Waals surface area contributed by atoms with Crippen molar-refractivity contribution < 1.29 is 8.78 Å². The van der Waals surface area contributed by atoms with Crippen LogP contribution in [0.3, 0.4) is 0 Å². The number of hydrogen-bond acceptors (Lipinski definition) is 3. The van der Waals surface area contributed by atoms with E-state index in [2.05, 4.69) is 9.97 Å². The molecule has 0 aliphatic carbocycles. The Morgan fingerprint density at radius 1 is 0.870 bits per heavy atom. The molecule has 118 valence electrons. The van der Waals surface area contributed by atoms with E-state index in [0.29, 0.717) is 11.3 Å². The van der Waals surface area contributed by atoms with E-state index in [1.54, 1.807) is 0 Å². The molecule has 0 radical (unpaired) electrons. The minimum atomic E-state index is -0.661. The third-order valence-electron chi connectivity index (χ3n) is 3.83. The highest BCUT2D eigenvalue weighted by Gasteiger charge is 2.18. The predicted octanol–water partition coefficient (Wildman–Crippen LogP) is 4.42. The van der Waals surface area contributed by atoms with Crippen LogP contribution in [0.4, 0.5) is 14.6 Å². The molecule has 0 saturated heterocycles. The van der Waals surface area contributed by atoms with Gasteiger partial charge in [0.05, 0.1) is 11.1 Å². The summed E-state index contributed by atoms with van der Waals surface area (Å²) in [5.74, 6) is -0.559. The summed E-state index contributed by atoms with van der Waals surface area (Å²) in [6.45, 7) is 5.53. The Hall–Kier alpha value is -2.56. The summed E-state index contributed by atoms with van der Waals surface area (Å²) in [5, 5.41) is 0.872. The normalized spacial score (nSPS) is 11.0. The summed E-state index contributed by atoms with van der Waals surface area (Å²) in [6, 6.07) is 11.3. The average Bonchev–Trinajstić information content (AvgIpc) is 2.56. The maximum atomic E-state index is 14.1. The van der Waals surface area contributed by atoms with Crippen molar-refractivity contribution in [1.82, 2.24) is 9.97 Å². The summed E-state index contributed by atoms with van der Waals surface area (Å²) < 4.78 is 28.2. The number of anilines is 1. The molecule has 0 aliphatic rings. The second-order valence-corrected chi connectivity index (χ2v) is 5.16. The minimum absolute atomic E-state index is 0.0706. The van der Waals surface area contributed by atoms with E-state index in [1.165, 1.54) is 18.2 Å². The van der Waals surface area contributed by atoms with Gasteiger partial charge in [-0.3, -0.25) is 0 Å². The molecule has 5 heteroatoms. The molecular formula is C18H17F2N3. The smallest absolute Gasteiger partial charge is 0.168 e. The number of fused-ring (bicyclic) bond motifs is 1. The number of nitrogens with zero attached hydrogens (tertiary/aromatic N) is 3. The van der Waals surface area contributed by atoms with Crippen LogP contribution in [0.2, 0.25) is 0 Å². The first-order valence-electron chi connectivity index (χ1n) is 7.61. The van der Waals surface area contributed by atoms with E-state index in [9.17, 15) is 8.78 Å². The average molecular weight is 313 g/mol. The van der Waals surface area contributed by atoms with E-state index < -0.39 is 11.6 Å². The molecule has 3 rings (SSSR count). The molecule has 0 atom stereocenters. The van der Waals surface area contributed by atoms with Gasteiger partial charge in [-0.25, -0.2) is 18.7 Å². The van der Waals surface area contributed by atoms with Gasteiger partial charge in [-0.1, -0.05) is 18.2 Å². The fourth-order valence-electron chi connectivity index (χ4n) is 2.65. The molecule has 1 aromatic heterocycles. The van der Waals surface area contributed by atoms with Gasteiger partial charge in [-0.15, -0.1) is 0 Å². The topological polar surface area (TPSA) is 29.0 Å². The van der Waals surface area contributed by atoms with Crippen LogP contribution in [0.25, 0.3) is 22.3 Å². The quantitative estimate of drug-likeness (QED) is 0.714. The lowest BCUT2D eigenvalue weighted by molar-refractivity contribution is 0.587. The monoisotopic (exact) mass is 313 g/mol. The Bertz CT molecular complexity index is 825. The van der Waals surface area contributed by atoms with E-state index in [-0.39, 0.29) is 11.4 Å². The molecule has 23 heavy (non-hydrogen) atoms. The Labute approximate surface area is 133 Å². The molecule has 3 nitrogen and oxygen atoms in total. The molecule has 3 aromatic rings. The second-order valence-electron chi connectivity index (χ2n) is 5.16. The number of benzene rings is 2. The van der Waals surface area contributed by atoms with Gasteiger partial charge in [0, 0.05) is 18.5 Å². The lowest BCUT2D eigenvalue weighted by Crippen LogP contribution is -2.23. The van der Waals surface area contributed by atoms with Crippen LogP contribution in [0.15, 0.2) is 42.5 Å². The van der Waals surface area contributed by atoms with Crippen molar-refractivity contribution in [3.8, 4) is 11.4 Å². The zero-order valence-corrected chi connectivity index (χ0v) is 13.1. The number of halogens is 2. The van der Waals surface area contributed by atoms with Crippen molar-refractivity contribution in [2.75, 3.05) is 18.0 Å². The zero-order chi connectivity index (χ0) is 16.4. The summed E-state index contributed by atoms with van der Waals surface area (Å²) >= 11 is 0. The maximum absolute atomic E-state index is 14.1. The number of rotatable bonds is 4. The Kier molecular flexibility index (Phi) is 4.19. The summed E-state index contributed by atoms with van der Waals surface area (Å²) in [5.41, 5.74) is 0.480.